The molecular weight excluding hydrogens is 486 g/mol. The van der Waals surface area contributed by atoms with Gasteiger partial charge in [0.05, 0.1) is 18.8 Å². The van der Waals surface area contributed by atoms with E-state index in [4.69, 9.17) is 33.0 Å². The zero-order valence-corrected chi connectivity index (χ0v) is 20.7. The van der Waals surface area contributed by atoms with Gasteiger partial charge in [-0.3, -0.25) is 4.98 Å². The average Bonchev–Trinajstić information content (AvgIpc) is 3.45. The third-order valence-corrected chi connectivity index (χ3v) is 7.17. The molecule has 1 N–H and O–H groups in total. The van der Waals surface area contributed by atoms with Crippen LogP contribution in [0.1, 0.15) is 29.1 Å². The van der Waals surface area contributed by atoms with Crippen molar-refractivity contribution in [1.29, 1.82) is 0 Å². The first-order chi connectivity index (χ1) is 16.6. The predicted octanol–water partition coefficient (Wildman–Crippen LogP) is 6.66. The zero-order valence-electron chi connectivity index (χ0n) is 18.4. The molecule has 2 aromatic carbocycles. The van der Waals surface area contributed by atoms with Crippen LogP contribution in [-0.2, 0) is 6.54 Å². The van der Waals surface area contributed by atoms with Crippen LogP contribution in [0.4, 0.5) is 0 Å². The predicted molar refractivity (Wildman–Crippen MR) is 138 cm³/mol. The molecule has 1 aliphatic rings. The molecule has 5 nitrogen and oxygen atoms in total. The fraction of sp³-hybridized carbons (Fsp3) is 0.154. The first-order valence-corrected chi connectivity index (χ1v) is 12.3. The molecule has 3 heterocycles. The number of rotatable bonds is 7. The lowest BCUT2D eigenvalue weighted by molar-refractivity contribution is 0.254. The summed E-state index contributed by atoms with van der Waals surface area (Å²) >= 11 is 13.3. The van der Waals surface area contributed by atoms with Gasteiger partial charge in [-0.2, -0.15) is 0 Å². The van der Waals surface area contributed by atoms with Gasteiger partial charge >= 0.3 is 0 Å². The largest absolute Gasteiger partial charge is 0.497 e. The van der Waals surface area contributed by atoms with Crippen LogP contribution >= 0.6 is 35.6 Å². The number of hydrogen-bond donors (Lipinski definition) is 1. The molecule has 8 heteroatoms. The van der Waals surface area contributed by atoms with Crippen LogP contribution in [0, 0.1) is 0 Å². The number of pyridine rings is 1. The van der Waals surface area contributed by atoms with Crippen LogP contribution < -0.4 is 10.1 Å². The molecule has 4 aromatic rings. The Morgan fingerprint density at radius 2 is 1.85 bits per heavy atom. The van der Waals surface area contributed by atoms with Crippen molar-refractivity contribution in [3.63, 3.8) is 0 Å². The van der Waals surface area contributed by atoms with Crippen LogP contribution in [0.25, 0.3) is 0 Å². The highest BCUT2D eigenvalue weighted by Gasteiger charge is 2.41. The molecule has 2 atom stereocenters. The van der Waals surface area contributed by atoms with Gasteiger partial charge in [0.2, 0.25) is 0 Å². The number of benzene rings is 2. The lowest BCUT2D eigenvalue weighted by Gasteiger charge is -2.26. The van der Waals surface area contributed by atoms with Crippen molar-refractivity contribution in [1.82, 2.24) is 15.2 Å². The Kier molecular flexibility index (Phi) is 6.76. The monoisotopic (exact) mass is 507 g/mol. The molecule has 0 spiro atoms. The molecule has 0 saturated carbocycles. The fourth-order valence-electron chi connectivity index (χ4n) is 3.98. The van der Waals surface area contributed by atoms with Crippen LogP contribution in [-0.4, -0.2) is 22.1 Å². The molecule has 0 radical (unpaired) electrons. The molecule has 1 saturated heterocycles. The summed E-state index contributed by atoms with van der Waals surface area (Å²) in [6, 6.07) is 25.4. The fourth-order valence-corrected chi connectivity index (χ4v) is 5.19. The zero-order chi connectivity index (χ0) is 23.5. The van der Waals surface area contributed by atoms with Gasteiger partial charge < -0.3 is 19.4 Å². The molecule has 0 unspecified atom stereocenters. The van der Waals surface area contributed by atoms with Crippen LogP contribution in [0.5, 0.6) is 5.75 Å². The second kappa shape index (κ2) is 10.1. The molecule has 5 rings (SSSR count). The van der Waals surface area contributed by atoms with Crippen molar-refractivity contribution in [2.45, 2.75) is 28.6 Å². The Hall–Kier alpha value is -3.00. The van der Waals surface area contributed by atoms with Crippen molar-refractivity contribution in [2.24, 2.45) is 0 Å². The molecule has 0 bridgehead atoms. The lowest BCUT2D eigenvalue weighted by Crippen LogP contribution is -2.29. The first kappa shape index (κ1) is 22.8. The van der Waals surface area contributed by atoms with Crippen LogP contribution in [0.15, 0.2) is 99.5 Å². The number of aromatic nitrogens is 1. The number of furan rings is 1. The minimum Gasteiger partial charge on any atom is -0.497 e. The highest BCUT2D eigenvalue weighted by molar-refractivity contribution is 7.99. The lowest BCUT2D eigenvalue weighted by atomic mass is 10.0. The topological polar surface area (TPSA) is 50.5 Å². The van der Waals surface area contributed by atoms with E-state index >= 15 is 0 Å². The molecule has 172 valence electrons. The van der Waals surface area contributed by atoms with Gasteiger partial charge in [0, 0.05) is 22.7 Å². The summed E-state index contributed by atoms with van der Waals surface area (Å²) in [5, 5.41) is 5.65. The van der Waals surface area contributed by atoms with Gasteiger partial charge in [-0.05, 0) is 78.4 Å². The van der Waals surface area contributed by atoms with E-state index in [1.807, 2.05) is 66.7 Å². The Bertz CT molecular complexity index is 1260. The number of ether oxygens (including phenoxy) is 1. The molecule has 0 aliphatic carbocycles. The van der Waals surface area contributed by atoms with Gasteiger partial charge in [0.25, 0.3) is 0 Å². The average molecular weight is 508 g/mol. The number of nitrogens with one attached hydrogen (secondary N) is 1. The van der Waals surface area contributed by atoms with E-state index in [-0.39, 0.29) is 12.1 Å². The molecular formula is C26H22ClN3O2S2. The Balaban J connectivity index is 1.45. The number of methoxy groups -OCH3 is 1. The van der Waals surface area contributed by atoms with Crippen LogP contribution in [0.2, 0.25) is 5.02 Å². The Morgan fingerprint density at radius 1 is 1.06 bits per heavy atom. The number of thiocarbonyl (C=S) groups is 1. The van der Waals surface area contributed by atoms with Crippen molar-refractivity contribution in [2.75, 3.05) is 7.11 Å². The first-order valence-electron chi connectivity index (χ1n) is 10.7. The van der Waals surface area contributed by atoms with E-state index in [0.717, 1.165) is 32.8 Å². The quantitative estimate of drug-likeness (QED) is 0.281. The van der Waals surface area contributed by atoms with Gasteiger partial charge in [-0.25, -0.2) is 0 Å². The second-order valence-electron chi connectivity index (χ2n) is 7.82. The SMILES string of the molecule is COc1ccc(CN2C(=S)N[C@H](c3ccccn3)[C@H]2c2ccc(Sc3ccc(Cl)cc3)o2)cc1. The summed E-state index contributed by atoms with van der Waals surface area (Å²) in [4.78, 5) is 7.81. The highest BCUT2D eigenvalue weighted by atomic mass is 35.5. The molecule has 1 aliphatic heterocycles. The standard InChI is InChI=1S/C26H22ClN3O2S2/c1-31-19-9-5-17(6-10-19)16-30-25(24(29-26(30)33)21-4-2-3-15-28-21)22-13-14-23(32-22)34-20-11-7-18(27)8-12-20/h2-15,24-25H,16H2,1H3,(H,29,33)/t24-,25-/m1/s1. The normalized spacial score (nSPS) is 17.6. The smallest absolute Gasteiger partial charge is 0.170 e. The van der Waals surface area contributed by atoms with E-state index in [9.17, 15) is 0 Å². The van der Waals surface area contributed by atoms with E-state index in [2.05, 4.69) is 27.3 Å². The minimum absolute atomic E-state index is 0.133. The maximum Gasteiger partial charge on any atom is 0.170 e. The van der Waals surface area contributed by atoms with Crippen molar-refractivity contribution in [3.8, 4) is 5.75 Å². The van der Waals surface area contributed by atoms with Gasteiger partial charge in [0.1, 0.15) is 17.6 Å². The number of nitrogens with zero attached hydrogens (tertiary/aromatic N) is 2. The summed E-state index contributed by atoms with van der Waals surface area (Å²) in [5.74, 6) is 1.65. The number of halogens is 1. The minimum atomic E-state index is -0.149. The summed E-state index contributed by atoms with van der Waals surface area (Å²) in [6.45, 7) is 0.629. The second-order valence-corrected chi connectivity index (χ2v) is 9.72. The Labute approximate surface area is 213 Å². The van der Waals surface area contributed by atoms with Gasteiger partial charge in [-0.15, -0.1) is 0 Å². The Morgan fingerprint density at radius 3 is 2.56 bits per heavy atom. The summed E-state index contributed by atoms with van der Waals surface area (Å²) in [7, 11) is 1.67. The van der Waals surface area contributed by atoms with Gasteiger partial charge in [0.15, 0.2) is 10.2 Å². The number of hydrogen-bond acceptors (Lipinski definition) is 5. The molecule has 34 heavy (non-hydrogen) atoms. The maximum absolute atomic E-state index is 6.35. The van der Waals surface area contributed by atoms with Crippen LogP contribution in [0.3, 0.4) is 0 Å². The maximum atomic E-state index is 6.35. The van der Waals surface area contributed by atoms with E-state index in [1.54, 1.807) is 25.1 Å². The molecule has 2 aromatic heterocycles. The van der Waals surface area contributed by atoms with E-state index in [1.165, 1.54) is 0 Å². The van der Waals surface area contributed by atoms with Crippen molar-refractivity contribution in [3.05, 3.63) is 107 Å². The highest BCUT2D eigenvalue weighted by Crippen LogP contribution is 2.42. The summed E-state index contributed by atoms with van der Waals surface area (Å²) in [6.07, 6.45) is 1.80. The molecule has 0 amide bonds. The third-order valence-electron chi connectivity index (χ3n) is 5.64. The van der Waals surface area contributed by atoms with Gasteiger partial charge in [-0.1, -0.05) is 41.6 Å². The van der Waals surface area contributed by atoms with Crippen molar-refractivity contribution >= 4 is 40.7 Å². The third kappa shape index (κ3) is 4.92. The van der Waals surface area contributed by atoms with E-state index < -0.39 is 0 Å². The molecule has 1 fully saturated rings. The van der Waals surface area contributed by atoms with E-state index in [0.29, 0.717) is 16.7 Å². The summed E-state index contributed by atoms with van der Waals surface area (Å²) < 4.78 is 11.6. The summed E-state index contributed by atoms with van der Waals surface area (Å²) in [5.41, 5.74) is 2.04. The van der Waals surface area contributed by atoms with Crippen molar-refractivity contribution < 1.29 is 9.15 Å².